The van der Waals surface area contributed by atoms with E-state index in [1.54, 1.807) is 61.5 Å². The van der Waals surface area contributed by atoms with E-state index in [0.29, 0.717) is 16.9 Å². The predicted octanol–water partition coefficient (Wildman–Crippen LogP) is 4.29. The summed E-state index contributed by atoms with van der Waals surface area (Å²) < 4.78 is 40.0. The average Bonchev–Trinajstić information content (AvgIpc) is 2.71. The fourth-order valence-electron chi connectivity index (χ4n) is 2.73. The predicted molar refractivity (Wildman–Crippen MR) is 107 cm³/mol. The molecule has 0 heterocycles. The average molecular weight is 398 g/mol. The van der Waals surface area contributed by atoms with Gasteiger partial charge in [-0.3, -0.25) is 9.10 Å². The van der Waals surface area contributed by atoms with Crippen molar-refractivity contribution in [3.05, 3.63) is 90.2 Å². The molecule has 3 rings (SSSR count). The molecule has 0 aliphatic rings. The van der Waals surface area contributed by atoms with Crippen LogP contribution in [-0.2, 0) is 10.0 Å². The quantitative estimate of drug-likeness (QED) is 0.673. The minimum atomic E-state index is -3.69. The van der Waals surface area contributed by atoms with Crippen LogP contribution >= 0.6 is 0 Å². The molecular formula is C21H19FN2O3S. The number of carbonyl (C=O) groups excluding carboxylic acids is 1. The van der Waals surface area contributed by atoms with Crippen molar-refractivity contribution >= 4 is 27.3 Å². The van der Waals surface area contributed by atoms with Gasteiger partial charge in [0.1, 0.15) is 5.82 Å². The normalized spacial score (nSPS) is 11.1. The fraction of sp³-hybridized carbons (Fsp3) is 0.0952. The van der Waals surface area contributed by atoms with E-state index in [0.717, 1.165) is 0 Å². The van der Waals surface area contributed by atoms with Gasteiger partial charge in [-0.25, -0.2) is 12.8 Å². The molecule has 3 aromatic rings. The Morgan fingerprint density at radius 1 is 0.929 bits per heavy atom. The van der Waals surface area contributed by atoms with Crippen molar-refractivity contribution in [2.24, 2.45) is 0 Å². The molecule has 0 radical (unpaired) electrons. The molecule has 0 atom stereocenters. The van der Waals surface area contributed by atoms with Gasteiger partial charge in [0, 0.05) is 17.8 Å². The van der Waals surface area contributed by atoms with Crippen LogP contribution in [0.5, 0.6) is 0 Å². The molecule has 0 unspecified atom stereocenters. The van der Waals surface area contributed by atoms with Crippen LogP contribution in [0.1, 0.15) is 17.3 Å². The van der Waals surface area contributed by atoms with E-state index in [4.69, 9.17) is 0 Å². The van der Waals surface area contributed by atoms with Gasteiger partial charge < -0.3 is 5.32 Å². The highest BCUT2D eigenvalue weighted by atomic mass is 32.2. The smallest absolute Gasteiger partial charge is 0.264 e. The van der Waals surface area contributed by atoms with E-state index in [9.17, 15) is 17.6 Å². The molecule has 28 heavy (non-hydrogen) atoms. The first-order chi connectivity index (χ1) is 13.4. The Kier molecular flexibility index (Phi) is 5.75. The third-order valence-electron chi connectivity index (χ3n) is 4.14. The zero-order valence-corrected chi connectivity index (χ0v) is 16.0. The Balaban J connectivity index is 1.80. The number of sulfonamides is 1. The first-order valence-electron chi connectivity index (χ1n) is 8.66. The van der Waals surface area contributed by atoms with Crippen molar-refractivity contribution in [3.8, 4) is 0 Å². The second-order valence-electron chi connectivity index (χ2n) is 5.99. The number of nitrogens with one attached hydrogen (secondary N) is 1. The van der Waals surface area contributed by atoms with Gasteiger partial charge in [0.25, 0.3) is 15.9 Å². The van der Waals surface area contributed by atoms with E-state index in [2.05, 4.69) is 5.32 Å². The van der Waals surface area contributed by atoms with Crippen molar-refractivity contribution in [1.29, 1.82) is 0 Å². The number of hydrogen-bond acceptors (Lipinski definition) is 3. The van der Waals surface area contributed by atoms with Gasteiger partial charge in [-0.15, -0.1) is 0 Å². The molecule has 0 aromatic heterocycles. The van der Waals surface area contributed by atoms with Gasteiger partial charge in [0.15, 0.2) is 0 Å². The summed E-state index contributed by atoms with van der Waals surface area (Å²) in [6.45, 7) is 1.99. The lowest BCUT2D eigenvalue weighted by Gasteiger charge is -2.23. The fourth-order valence-corrected chi connectivity index (χ4v) is 4.22. The highest BCUT2D eigenvalue weighted by molar-refractivity contribution is 7.92. The van der Waals surface area contributed by atoms with Crippen LogP contribution in [-0.4, -0.2) is 20.9 Å². The first-order valence-corrected chi connectivity index (χ1v) is 10.1. The zero-order valence-electron chi connectivity index (χ0n) is 15.2. The molecule has 7 heteroatoms. The minimum Gasteiger partial charge on any atom is -0.322 e. The number of carbonyl (C=O) groups is 1. The molecule has 0 aliphatic heterocycles. The molecular weight excluding hydrogens is 379 g/mol. The Hall–Kier alpha value is -3.19. The van der Waals surface area contributed by atoms with Gasteiger partial charge in [0.05, 0.1) is 10.6 Å². The van der Waals surface area contributed by atoms with Crippen LogP contribution in [0.25, 0.3) is 0 Å². The zero-order chi connectivity index (χ0) is 20.1. The number of rotatable bonds is 6. The number of halogens is 1. The van der Waals surface area contributed by atoms with Gasteiger partial charge >= 0.3 is 0 Å². The van der Waals surface area contributed by atoms with Gasteiger partial charge in [0.2, 0.25) is 0 Å². The Labute approximate surface area is 163 Å². The number of benzene rings is 3. The van der Waals surface area contributed by atoms with E-state index >= 15 is 0 Å². The van der Waals surface area contributed by atoms with E-state index in [1.165, 1.54) is 28.6 Å². The molecule has 0 saturated carbocycles. The monoisotopic (exact) mass is 398 g/mol. The van der Waals surface area contributed by atoms with Crippen LogP contribution in [0, 0.1) is 5.82 Å². The highest BCUT2D eigenvalue weighted by Crippen LogP contribution is 2.24. The topological polar surface area (TPSA) is 66.5 Å². The standard InChI is InChI=1S/C21H19FN2O3S/c1-2-24(28(26,27)20-6-4-3-5-7-20)19-14-8-16(9-15-19)21(25)23-18-12-10-17(22)11-13-18/h3-15H,2H2,1H3,(H,23,25). The van der Waals surface area contributed by atoms with Crippen molar-refractivity contribution in [2.75, 3.05) is 16.2 Å². The first kappa shape index (κ1) is 19.6. The van der Waals surface area contributed by atoms with Crippen LogP contribution in [0.2, 0.25) is 0 Å². The molecule has 1 amide bonds. The lowest BCUT2D eigenvalue weighted by Crippen LogP contribution is -2.30. The van der Waals surface area contributed by atoms with Crippen LogP contribution < -0.4 is 9.62 Å². The molecule has 0 aliphatic carbocycles. The SMILES string of the molecule is CCN(c1ccc(C(=O)Nc2ccc(F)cc2)cc1)S(=O)(=O)c1ccccc1. The molecule has 0 saturated heterocycles. The number of amides is 1. The minimum absolute atomic E-state index is 0.204. The summed E-state index contributed by atoms with van der Waals surface area (Å²) in [5, 5.41) is 2.67. The molecule has 0 fully saturated rings. The van der Waals surface area contributed by atoms with Crippen molar-refractivity contribution in [1.82, 2.24) is 0 Å². The van der Waals surface area contributed by atoms with E-state index in [1.807, 2.05) is 0 Å². The van der Waals surface area contributed by atoms with E-state index < -0.39 is 10.0 Å². The second-order valence-corrected chi connectivity index (χ2v) is 7.85. The van der Waals surface area contributed by atoms with Crippen LogP contribution in [0.15, 0.2) is 83.8 Å². The molecule has 0 spiro atoms. The maximum absolute atomic E-state index is 13.0. The maximum atomic E-state index is 13.0. The summed E-state index contributed by atoms with van der Waals surface area (Å²) in [6, 6.07) is 19.9. The van der Waals surface area contributed by atoms with Gasteiger partial charge in [-0.2, -0.15) is 0 Å². The number of nitrogens with zero attached hydrogens (tertiary/aromatic N) is 1. The molecule has 1 N–H and O–H groups in total. The lowest BCUT2D eigenvalue weighted by molar-refractivity contribution is 0.102. The second kappa shape index (κ2) is 8.22. The van der Waals surface area contributed by atoms with E-state index in [-0.39, 0.29) is 23.2 Å². The van der Waals surface area contributed by atoms with Crippen molar-refractivity contribution in [2.45, 2.75) is 11.8 Å². The third kappa shape index (κ3) is 4.20. The molecule has 0 bridgehead atoms. The highest BCUT2D eigenvalue weighted by Gasteiger charge is 2.23. The summed E-state index contributed by atoms with van der Waals surface area (Å²) in [7, 11) is -3.69. The van der Waals surface area contributed by atoms with Crippen LogP contribution in [0.3, 0.4) is 0 Å². The molecule has 5 nitrogen and oxygen atoms in total. The van der Waals surface area contributed by atoms with Crippen molar-refractivity contribution < 1.29 is 17.6 Å². The summed E-state index contributed by atoms with van der Waals surface area (Å²) in [5.74, 6) is -0.756. The molecule has 3 aromatic carbocycles. The Morgan fingerprint density at radius 3 is 2.11 bits per heavy atom. The van der Waals surface area contributed by atoms with Crippen molar-refractivity contribution in [3.63, 3.8) is 0 Å². The third-order valence-corrected chi connectivity index (χ3v) is 6.06. The Morgan fingerprint density at radius 2 is 1.54 bits per heavy atom. The summed E-state index contributed by atoms with van der Waals surface area (Å²) in [4.78, 5) is 12.5. The summed E-state index contributed by atoms with van der Waals surface area (Å²) in [5.41, 5.74) is 1.29. The largest absolute Gasteiger partial charge is 0.322 e. The van der Waals surface area contributed by atoms with Gasteiger partial charge in [-0.05, 0) is 67.6 Å². The maximum Gasteiger partial charge on any atom is 0.264 e. The number of hydrogen-bond donors (Lipinski definition) is 1. The number of anilines is 2. The lowest BCUT2D eigenvalue weighted by atomic mass is 10.2. The van der Waals surface area contributed by atoms with Crippen LogP contribution in [0.4, 0.5) is 15.8 Å². The van der Waals surface area contributed by atoms with Gasteiger partial charge in [-0.1, -0.05) is 18.2 Å². The molecule has 144 valence electrons. The summed E-state index contributed by atoms with van der Waals surface area (Å²) in [6.07, 6.45) is 0. The Bertz CT molecular complexity index is 1050. The summed E-state index contributed by atoms with van der Waals surface area (Å²) >= 11 is 0.